The molecule has 0 heterocycles. The van der Waals surface area contributed by atoms with Gasteiger partial charge in [-0.2, -0.15) is 0 Å². The van der Waals surface area contributed by atoms with Gasteiger partial charge in [-0.15, -0.1) is 0 Å². The summed E-state index contributed by atoms with van der Waals surface area (Å²) in [4.78, 5) is 24.2. The van der Waals surface area contributed by atoms with E-state index in [-0.39, 0.29) is 25.1 Å². The van der Waals surface area contributed by atoms with Crippen molar-refractivity contribution in [1.29, 1.82) is 0 Å². The molecule has 0 aromatic heterocycles. The van der Waals surface area contributed by atoms with Crippen LogP contribution in [0.3, 0.4) is 0 Å². The SMILES string of the molecule is COCC(O)CN(C)C(=O)NCC1CCC(C(=O)O)CC1. The smallest absolute Gasteiger partial charge is 0.317 e. The molecule has 1 aliphatic carbocycles. The zero-order chi connectivity index (χ0) is 15.8. The molecular weight excluding hydrogens is 276 g/mol. The van der Waals surface area contributed by atoms with Crippen LogP contribution in [0.5, 0.6) is 0 Å². The van der Waals surface area contributed by atoms with Gasteiger partial charge in [-0.1, -0.05) is 0 Å². The fraction of sp³-hybridized carbons (Fsp3) is 0.857. The number of methoxy groups -OCH3 is 1. The molecule has 3 N–H and O–H groups in total. The van der Waals surface area contributed by atoms with E-state index in [1.807, 2.05) is 0 Å². The third kappa shape index (κ3) is 6.31. The molecule has 0 aromatic rings. The molecule has 0 spiro atoms. The molecule has 0 aliphatic heterocycles. The number of likely N-dealkylation sites (N-methyl/N-ethyl adjacent to an activating group) is 1. The first-order valence-electron chi connectivity index (χ1n) is 7.32. The number of carbonyl (C=O) groups is 2. The van der Waals surface area contributed by atoms with Gasteiger partial charge in [0, 0.05) is 20.7 Å². The van der Waals surface area contributed by atoms with Crippen molar-refractivity contribution in [2.45, 2.75) is 31.8 Å². The maximum Gasteiger partial charge on any atom is 0.317 e. The molecule has 2 amide bonds. The Morgan fingerprint density at radius 3 is 2.48 bits per heavy atom. The number of carboxylic acids is 1. The minimum atomic E-state index is -0.718. The molecule has 0 radical (unpaired) electrons. The van der Waals surface area contributed by atoms with Crippen molar-refractivity contribution < 1.29 is 24.5 Å². The molecule has 7 heteroatoms. The largest absolute Gasteiger partial charge is 0.481 e. The summed E-state index contributed by atoms with van der Waals surface area (Å²) in [6.07, 6.45) is 2.31. The van der Waals surface area contributed by atoms with Gasteiger partial charge in [-0.05, 0) is 31.6 Å². The summed E-state index contributed by atoms with van der Waals surface area (Å²) in [5.41, 5.74) is 0. The zero-order valence-corrected chi connectivity index (χ0v) is 12.7. The number of rotatable bonds is 7. The Bertz CT molecular complexity index is 342. The van der Waals surface area contributed by atoms with Crippen molar-refractivity contribution in [2.75, 3.05) is 33.9 Å². The topological polar surface area (TPSA) is 99.1 Å². The van der Waals surface area contributed by atoms with Crippen molar-refractivity contribution in [1.82, 2.24) is 10.2 Å². The van der Waals surface area contributed by atoms with Crippen LogP contribution in [0.25, 0.3) is 0 Å². The van der Waals surface area contributed by atoms with E-state index in [2.05, 4.69) is 5.32 Å². The summed E-state index contributed by atoms with van der Waals surface area (Å²) in [5.74, 6) is -0.616. The Morgan fingerprint density at radius 2 is 1.95 bits per heavy atom. The fourth-order valence-electron chi connectivity index (χ4n) is 2.62. The van der Waals surface area contributed by atoms with E-state index >= 15 is 0 Å². The lowest BCUT2D eigenvalue weighted by molar-refractivity contribution is -0.143. The number of hydrogen-bond donors (Lipinski definition) is 3. The van der Waals surface area contributed by atoms with E-state index in [9.17, 15) is 14.7 Å². The summed E-state index contributed by atoms with van der Waals surface area (Å²) >= 11 is 0. The van der Waals surface area contributed by atoms with Crippen molar-refractivity contribution in [3.05, 3.63) is 0 Å². The third-order valence-electron chi connectivity index (χ3n) is 3.93. The molecule has 122 valence electrons. The first-order chi connectivity index (χ1) is 9.93. The third-order valence-corrected chi connectivity index (χ3v) is 3.93. The van der Waals surface area contributed by atoms with Crippen LogP contribution in [0.4, 0.5) is 4.79 Å². The van der Waals surface area contributed by atoms with E-state index in [0.717, 1.165) is 12.8 Å². The number of aliphatic hydroxyl groups is 1. The Hall–Kier alpha value is -1.34. The number of amides is 2. The van der Waals surface area contributed by atoms with Crippen LogP contribution in [0.15, 0.2) is 0 Å². The lowest BCUT2D eigenvalue weighted by atomic mass is 9.82. The van der Waals surface area contributed by atoms with Gasteiger partial charge >= 0.3 is 12.0 Å². The van der Waals surface area contributed by atoms with Crippen molar-refractivity contribution >= 4 is 12.0 Å². The lowest BCUT2D eigenvalue weighted by Crippen LogP contribution is -2.44. The minimum Gasteiger partial charge on any atom is -0.481 e. The predicted molar refractivity (Wildman–Crippen MR) is 77.0 cm³/mol. The molecular formula is C14H26N2O5. The first-order valence-corrected chi connectivity index (χ1v) is 7.32. The van der Waals surface area contributed by atoms with E-state index in [1.165, 1.54) is 12.0 Å². The highest BCUT2D eigenvalue weighted by atomic mass is 16.5. The van der Waals surface area contributed by atoms with Gasteiger partial charge in [0.25, 0.3) is 0 Å². The number of nitrogens with zero attached hydrogens (tertiary/aromatic N) is 1. The summed E-state index contributed by atoms with van der Waals surface area (Å²) in [7, 11) is 3.12. The van der Waals surface area contributed by atoms with Crippen molar-refractivity contribution in [3.63, 3.8) is 0 Å². The molecule has 1 fully saturated rings. The van der Waals surface area contributed by atoms with Gasteiger partial charge in [0.1, 0.15) is 0 Å². The van der Waals surface area contributed by atoms with Gasteiger partial charge in [-0.3, -0.25) is 4.79 Å². The Kier molecular flexibility index (Phi) is 7.45. The minimum absolute atomic E-state index is 0.191. The maximum absolute atomic E-state index is 11.9. The van der Waals surface area contributed by atoms with E-state index in [0.29, 0.717) is 25.3 Å². The quantitative estimate of drug-likeness (QED) is 0.637. The molecule has 0 bridgehead atoms. The fourth-order valence-corrected chi connectivity index (χ4v) is 2.62. The lowest BCUT2D eigenvalue weighted by Gasteiger charge is -2.27. The number of urea groups is 1. The number of aliphatic carboxylic acids is 1. The van der Waals surface area contributed by atoms with Crippen LogP contribution in [0.2, 0.25) is 0 Å². The van der Waals surface area contributed by atoms with Crippen molar-refractivity contribution in [2.24, 2.45) is 11.8 Å². The van der Waals surface area contributed by atoms with Crippen LogP contribution in [-0.4, -0.2) is 67.1 Å². The summed E-state index contributed by atoms with van der Waals surface area (Å²) in [6, 6.07) is -0.231. The van der Waals surface area contributed by atoms with E-state index in [4.69, 9.17) is 9.84 Å². The molecule has 0 saturated heterocycles. The number of carboxylic acid groups (broad SMARTS) is 1. The van der Waals surface area contributed by atoms with Gasteiger partial charge in [0.15, 0.2) is 0 Å². The number of hydrogen-bond acceptors (Lipinski definition) is 4. The molecule has 1 rings (SSSR count). The van der Waals surface area contributed by atoms with E-state index in [1.54, 1.807) is 7.05 Å². The second kappa shape index (κ2) is 8.84. The molecule has 7 nitrogen and oxygen atoms in total. The van der Waals surface area contributed by atoms with Gasteiger partial charge < -0.3 is 25.2 Å². The van der Waals surface area contributed by atoms with Gasteiger partial charge in [0.2, 0.25) is 0 Å². The summed E-state index contributed by atoms with van der Waals surface area (Å²) < 4.78 is 4.81. The van der Waals surface area contributed by atoms with Crippen LogP contribution >= 0.6 is 0 Å². The maximum atomic E-state index is 11.9. The highest BCUT2D eigenvalue weighted by Crippen LogP contribution is 2.28. The number of nitrogens with one attached hydrogen (secondary N) is 1. The highest BCUT2D eigenvalue weighted by molar-refractivity contribution is 5.73. The number of ether oxygens (including phenoxy) is 1. The normalized spacial score (nSPS) is 23.4. The second-order valence-electron chi connectivity index (χ2n) is 5.73. The molecule has 21 heavy (non-hydrogen) atoms. The second-order valence-corrected chi connectivity index (χ2v) is 5.73. The standard InChI is InChI=1S/C14H26N2O5/c1-16(8-12(17)9-21-2)14(20)15-7-10-3-5-11(6-4-10)13(18)19/h10-12,17H,3-9H2,1-2H3,(H,15,20)(H,18,19). The Morgan fingerprint density at radius 1 is 1.33 bits per heavy atom. The first kappa shape index (κ1) is 17.7. The molecule has 1 atom stereocenters. The van der Waals surface area contributed by atoms with E-state index < -0.39 is 12.1 Å². The molecule has 1 unspecified atom stereocenters. The van der Waals surface area contributed by atoms with Crippen molar-refractivity contribution in [3.8, 4) is 0 Å². The predicted octanol–water partition coefficient (Wildman–Crippen LogP) is 0.526. The average Bonchev–Trinajstić information content (AvgIpc) is 2.45. The van der Waals surface area contributed by atoms with Crippen LogP contribution in [-0.2, 0) is 9.53 Å². The number of aliphatic hydroxyl groups excluding tert-OH is 1. The van der Waals surface area contributed by atoms with Gasteiger partial charge in [0.05, 0.1) is 25.2 Å². The highest BCUT2D eigenvalue weighted by Gasteiger charge is 2.26. The monoisotopic (exact) mass is 302 g/mol. The number of carbonyl (C=O) groups excluding carboxylic acids is 1. The summed E-state index contributed by atoms with van der Waals surface area (Å²) in [5, 5.41) is 21.3. The van der Waals surface area contributed by atoms with Crippen LogP contribution < -0.4 is 5.32 Å². The Balaban J connectivity index is 2.22. The molecule has 0 aromatic carbocycles. The molecule has 1 saturated carbocycles. The van der Waals surface area contributed by atoms with Gasteiger partial charge in [-0.25, -0.2) is 4.79 Å². The van der Waals surface area contributed by atoms with Crippen LogP contribution in [0.1, 0.15) is 25.7 Å². The van der Waals surface area contributed by atoms with Crippen LogP contribution in [0, 0.1) is 11.8 Å². The summed E-state index contributed by atoms with van der Waals surface area (Å²) in [6.45, 7) is 0.956. The Labute approximate surface area is 125 Å². The zero-order valence-electron chi connectivity index (χ0n) is 12.7. The average molecular weight is 302 g/mol. The molecule has 1 aliphatic rings.